The van der Waals surface area contributed by atoms with E-state index in [0.29, 0.717) is 48.4 Å². The van der Waals surface area contributed by atoms with Gasteiger partial charge in [-0.2, -0.15) is 5.26 Å². The predicted octanol–water partition coefficient (Wildman–Crippen LogP) is 7.69. The molecule has 0 saturated carbocycles. The number of benzene rings is 3. The SMILES string of the molecule is CC(=O)Oc1ccc2c(c1)Oc1cc(OC(C)=O)ccc1C21OC(=O)c2cc(C(=O)NCCCCCCOP(OCCC#N)N(C(C)C)C(C)C)ccc21. The first-order chi connectivity index (χ1) is 25.8. The molecular weight excluding hydrogens is 713 g/mol. The molecule has 1 spiro atoms. The highest BCUT2D eigenvalue weighted by molar-refractivity contribution is 7.44. The number of rotatable bonds is 17. The van der Waals surface area contributed by atoms with Crippen LogP contribution in [0.4, 0.5) is 0 Å². The number of nitrogens with zero attached hydrogens (tertiary/aromatic N) is 2. The lowest BCUT2D eigenvalue weighted by molar-refractivity contribution is -0.132. The Kier molecular flexibility index (Phi) is 13.4. The quantitative estimate of drug-likeness (QED) is 0.0619. The Morgan fingerprint density at radius 2 is 1.39 bits per heavy atom. The standard InChI is InChI=1S/C40H46N3O10P/c1-25(2)43(26(3)4)54(49-21-11-18-41)48-20-10-8-7-9-19-42-38(46)29-12-15-33-32(22-29)39(47)53-40(33)34-16-13-30(50-27(5)44)23-36(34)52-37-24-31(51-28(6)45)14-17-35(37)40/h12-17,22-26H,7-11,19-21H2,1-6H3,(H,42,46). The third-order valence-electron chi connectivity index (χ3n) is 8.76. The molecule has 0 fully saturated rings. The third-order valence-corrected chi connectivity index (χ3v) is 10.9. The summed E-state index contributed by atoms with van der Waals surface area (Å²) in [6.45, 7) is 12.3. The summed E-state index contributed by atoms with van der Waals surface area (Å²) < 4.78 is 37.3. The zero-order valence-electron chi connectivity index (χ0n) is 31.4. The predicted molar refractivity (Wildman–Crippen MR) is 199 cm³/mol. The molecule has 0 aromatic heterocycles. The van der Waals surface area contributed by atoms with E-state index in [1.54, 1.807) is 36.4 Å². The van der Waals surface area contributed by atoms with Crippen molar-refractivity contribution in [2.75, 3.05) is 19.8 Å². The average Bonchev–Trinajstić information content (AvgIpc) is 3.39. The summed E-state index contributed by atoms with van der Waals surface area (Å²) in [5, 5.41) is 11.9. The minimum atomic E-state index is -1.45. The summed E-state index contributed by atoms with van der Waals surface area (Å²) in [6.07, 6.45) is 3.70. The van der Waals surface area contributed by atoms with Crippen molar-refractivity contribution in [3.63, 3.8) is 0 Å². The van der Waals surface area contributed by atoms with Gasteiger partial charge < -0.3 is 33.3 Å². The van der Waals surface area contributed by atoms with Crippen LogP contribution in [0.1, 0.15) is 111 Å². The molecule has 0 bridgehead atoms. The molecule has 13 nitrogen and oxygen atoms in total. The summed E-state index contributed by atoms with van der Waals surface area (Å²) >= 11 is 0. The lowest BCUT2D eigenvalue weighted by atomic mass is 9.77. The lowest BCUT2D eigenvalue weighted by Gasteiger charge is -2.36. The van der Waals surface area contributed by atoms with Crippen molar-refractivity contribution in [3.05, 3.63) is 82.4 Å². The van der Waals surface area contributed by atoms with E-state index in [9.17, 15) is 19.2 Å². The maximum atomic E-state index is 13.6. The molecule has 1 N–H and O–H groups in total. The second kappa shape index (κ2) is 18.0. The molecule has 0 aliphatic carbocycles. The molecule has 54 heavy (non-hydrogen) atoms. The van der Waals surface area contributed by atoms with Crippen LogP contribution in [-0.4, -0.2) is 60.3 Å². The van der Waals surface area contributed by atoms with E-state index in [4.69, 9.17) is 33.3 Å². The summed E-state index contributed by atoms with van der Waals surface area (Å²) in [5.74, 6) is -0.978. The summed E-state index contributed by atoms with van der Waals surface area (Å²) in [5.41, 5.74) is 0.552. The average molecular weight is 760 g/mol. The topological polar surface area (TPSA) is 163 Å². The summed E-state index contributed by atoms with van der Waals surface area (Å²) in [6, 6.07) is 17.0. The number of amides is 1. The van der Waals surface area contributed by atoms with E-state index in [2.05, 4.69) is 43.8 Å². The molecule has 3 aromatic carbocycles. The van der Waals surface area contributed by atoms with Gasteiger partial charge in [0, 0.05) is 66.9 Å². The Morgan fingerprint density at radius 1 is 0.815 bits per heavy atom. The maximum Gasteiger partial charge on any atom is 0.340 e. The Bertz CT molecular complexity index is 1850. The zero-order valence-corrected chi connectivity index (χ0v) is 32.3. The van der Waals surface area contributed by atoms with Crippen LogP contribution >= 0.6 is 8.53 Å². The summed E-state index contributed by atoms with van der Waals surface area (Å²) in [4.78, 5) is 50.2. The molecule has 2 heterocycles. The van der Waals surface area contributed by atoms with Gasteiger partial charge in [0.25, 0.3) is 14.4 Å². The maximum absolute atomic E-state index is 13.6. The second-order valence-electron chi connectivity index (χ2n) is 13.5. The third kappa shape index (κ3) is 9.08. The minimum absolute atomic E-state index is 0.222. The number of nitriles is 1. The molecule has 2 aliphatic rings. The van der Waals surface area contributed by atoms with E-state index in [0.717, 1.165) is 25.7 Å². The van der Waals surface area contributed by atoms with E-state index < -0.39 is 32.0 Å². The molecule has 1 atom stereocenters. The number of carbonyl (C=O) groups is 4. The Hall–Kier alpha value is -4.86. The van der Waals surface area contributed by atoms with Gasteiger partial charge in [0.2, 0.25) is 0 Å². The number of esters is 3. The van der Waals surface area contributed by atoms with Crippen LogP contribution in [0.25, 0.3) is 0 Å². The minimum Gasteiger partial charge on any atom is -0.456 e. The van der Waals surface area contributed by atoms with Gasteiger partial charge in [-0.3, -0.25) is 14.4 Å². The first-order valence-corrected chi connectivity index (χ1v) is 19.2. The van der Waals surface area contributed by atoms with Gasteiger partial charge in [-0.25, -0.2) is 9.46 Å². The fraction of sp³-hybridized carbons (Fsp3) is 0.425. The number of fused-ring (bicyclic) bond motifs is 6. The van der Waals surface area contributed by atoms with Gasteiger partial charge in [0.1, 0.15) is 23.0 Å². The van der Waals surface area contributed by atoms with Gasteiger partial charge >= 0.3 is 17.9 Å². The monoisotopic (exact) mass is 759 g/mol. The van der Waals surface area contributed by atoms with Crippen LogP contribution in [0.15, 0.2) is 54.6 Å². The first kappa shape index (κ1) is 40.3. The Balaban J connectivity index is 1.24. The van der Waals surface area contributed by atoms with Crippen LogP contribution in [0.2, 0.25) is 0 Å². The molecule has 3 aromatic rings. The number of unbranched alkanes of at least 4 members (excludes halogenated alkanes) is 3. The Labute approximate surface area is 316 Å². The van der Waals surface area contributed by atoms with Crippen LogP contribution in [-0.2, 0) is 29.0 Å². The highest BCUT2D eigenvalue weighted by Crippen LogP contribution is 2.57. The highest BCUT2D eigenvalue weighted by Gasteiger charge is 2.54. The van der Waals surface area contributed by atoms with Crippen LogP contribution < -0.4 is 19.5 Å². The van der Waals surface area contributed by atoms with Gasteiger partial charge in [-0.15, -0.1) is 0 Å². The molecule has 1 amide bonds. The number of carbonyl (C=O) groups excluding carboxylic acids is 4. The lowest BCUT2D eigenvalue weighted by Crippen LogP contribution is -2.33. The highest BCUT2D eigenvalue weighted by atomic mass is 31.2. The van der Waals surface area contributed by atoms with Gasteiger partial charge in [-0.1, -0.05) is 18.9 Å². The Morgan fingerprint density at radius 3 is 1.96 bits per heavy atom. The molecule has 286 valence electrons. The van der Waals surface area contributed by atoms with E-state index >= 15 is 0 Å². The smallest absolute Gasteiger partial charge is 0.340 e. The molecule has 5 rings (SSSR count). The van der Waals surface area contributed by atoms with Crippen molar-refractivity contribution in [3.8, 4) is 29.1 Å². The number of nitrogens with one attached hydrogen (secondary N) is 1. The molecule has 1 unspecified atom stereocenters. The fourth-order valence-corrected chi connectivity index (χ4v) is 8.26. The van der Waals surface area contributed by atoms with Gasteiger partial charge in [-0.05, 0) is 76.9 Å². The molecule has 2 aliphatic heterocycles. The van der Waals surface area contributed by atoms with Crippen molar-refractivity contribution in [1.29, 1.82) is 5.26 Å². The largest absolute Gasteiger partial charge is 0.456 e. The van der Waals surface area contributed by atoms with Gasteiger partial charge in [0.05, 0.1) is 31.3 Å². The molecule has 0 radical (unpaired) electrons. The number of hydrogen-bond donors (Lipinski definition) is 1. The number of hydrogen-bond acceptors (Lipinski definition) is 12. The van der Waals surface area contributed by atoms with E-state index in [1.165, 1.54) is 32.0 Å². The second-order valence-corrected chi connectivity index (χ2v) is 14.9. The molecular formula is C40H46N3O10P. The van der Waals surface area contributed by atoms with Crippen molar-refractivity contribution < 1.29 is 47.2 Å². The first-order valence-electron chi connectivity index (χ1n) is 18.1. The van der Waals surface area contributed by atoms with Crippen LogP contribution in [0, 0.1) is 11.3 Å². The van der Waals surface area contributed by atoms with Crippen molar-refractivity contribution >= 4 is 32.3 Å². The van der Waals surface area contributed by atoms with Crippen LogP contribution in [0.5, 0.6) is 23.0 Å². The van der Waals surface area contributed by atoms with Crippen molar-refractivity contribution in [2.24, 2.45) is 0 Å². The van der Waals surface area contributed by atoms with E-state index in [1.807, 2.05) is 0 Å². The molecule has 0 saturated heterocycles. The van der Waals surface area contributed by atoms with Crippen molar-refractivity contribution in [1.82, 2.24) is 9.99 Å². The van der Waals surface area contributed by atoms with Gasteiger partial charge in [0.15, 0.2) is 5.60 Å². The van der Waals surface area contributed by atoms with Crippen molar-refractivity contribution in [2.45, 2.75) is 91.3 Å². The zero-order chi connectivity index (χ0) is 39.0. The molecule has 14 heteroatoms. The number of ether oxygens (including phenoxy) is 4. The normalized spacial score (nSPS) is 14.1. The fourth-order valence-electron chi connectivity index (χ4n) is 6.63. The summed E-state index contributed by atoms with van der Waals surface area (Å²) in [7, 11) is -1.27. The van der Waals surface area contributed by atoms with E-state index in [-0.39, 0.29) is 46.6 Å². The van der Waals surface area contributed by atoms with Crippen LogP contribution in [0.3, 0.4) is 0 Å².